The van der Waals surface area contributed by atoms with Gasteiger partial charge in [0.25, 0.3) is 0 Å². The molecule has 2 aromatic rings. The number of aryl methyl sites for hydroxylation is 1. The van der Waals surface area contributed by atoms with Crippen LogP contribution in [0, 0.1) is 0 Å². The molecule has 0 aliphatic carbocycles. The molecule has 0 spiro atoms. The maximum absolute atomic E-state index is 6.44. The van der Waals surface area contributed by atoms with Crippen molar-refractivity contribution in [3.8, 4) is 0 Å². The van der Waals surface area contributed by atoms with E-state index in [4.69, 9.17) is 5.73 Å². The number of hydrogen-bond acceptors (Lipinski definition) is 4. The van der Waals surface area contributed by atoms with E-state index in [2.05, 4.69) is 50.1 Å². The molecule has 5 heteroatoms. The molecule has 2 heterocycles. The molecule has 0 bridgehead atoms. The first-order valence-corrected chi connectivity index (χ1v) is 7.83. The van der Waals surface area contributed by atoms with Gasteiger partial charge in [-0.25, -0.2) is 4.98 Å². The average Bonchev–Trinajstić information content (AvgIpc) is 2.93. The molecule has 0 aromatic carbocycles. The van der Waals surface area contributed by atoms with Gasteiger partial charge in [0.15, 0.2) is 0 Å². The van der Waals surface area contributed by atoms with Crippen molar-refractivity contribution in [2.45, 2.75) is 52.0 Å². The molecule has 1 unspecified atom stereocenters. The molecule has 20 heavy (non-hydrogen) atoms. The minimum atomic E-state index is -0.199. The summed E-state index contributed by atoms with van der Waals surface area (Å²) in [4.78, 5) is 4.67. The number of thiazole rings is 1. The molecular weight excluding hydrogens is 268 g/mol. The van der Waals surface area contributed by atoms with Crippen molar-refractivity contribution in [2.75, 3.05) is 0 Å². The SMILES string of the molecule is CC(C)c1csc(C(N)c2cn(C)nc2C(C)(C)C)n1. The van der Waals surface area contributed by atoms with Crippen LogP contribution in [-0.2, 0) is 12.5 Å². The molecule has 0 amide bonds. The van der Waals surface area contributed by atoms with Crippen LogP contribution >= 0.6 is 11.3 Å². The number of nitrogens with two attached hydrogens (primary N) is 1. The van der Waals surface area contributed by atoms with Crippen LogP contribution in [0.1, 0.15) is 68.5 Å². The number of nitrogens with zero attached hydrogens (tertiary/aromatic N) is 3. The van der Waals surface area contributed by atoms with Crippen LogP contribution in [0.2, 0.25) is 0 Å². The highest BCUT2D eigenvalue weighted by molar-refractivity contribution is 7.09. The Balaban J connectivity index is 2.40. The zero-order chi connectivity index (χ0) is 15.1. The minimum Gasteiger partial charge on any atom is -0.318 e. The average molecular weight is 292 g/mol. The minimum absolute atomic E-state index is 0.0215. The Labute approximate surface area is 125 Å². The van der Waals surface area contributed by atoms with E-state index in [1.807, 2.05) is 17.9 Å². The van der Waals surface area contributed by atoms with Gasteiger partial charge >= 0.3 is 0 Å². The summed E-state index contributed by atoms with van der Waals surface area (Å²) in [5.74, 6) is 0.434. The van der Waals surface area contributed by atoms with Gasteiger partial charge in [-0.1, -0.05) is 34.6 Å². The second-order valence-corrected chi connectivity index (χ2v) is 7.49. The smallest absolute Gasteiger partial charge is 0.114 e. The molecule has 0 aliphatic heterocycles. The molecule has 110 valence electrons. The van der Waals surface area contributed by atoms with E-state index in [9.17, 15) is 0 Å². The summed E-state index contributed by atoms with van der Waals surface area (Å²) in [6.07, 6.45) is 2.02. The predicted molar refractivity (Wildman–Crippen MR) is 84.1 cm³/mol. The van der Waals surface area contributed by atoms with Gasteiger partial charge < -0.3 is 5.73 Å². The Morgan fingerprint density at radius 1 is 1.30 bits per heavy atom. The van der Waals surface area contributed by atoms with E-state index in [0.29, 0.717) is 5.92 Å². The first kappa shape index (κ1) is 15.2. The third-order valence-electron chi connectivity index (χ3n) is 3.30. The largest absolute Gasteiger partial charge is 0.318 e. The van der Waals surface area contributed by atoms with Crippen LogP contribution in [0.25, 0.3) is 0 Å². The van der Waals surface area contributed by atoms with E-state index in [0.717, 1.165) is 22.0 Å². The lowest BCUT2D eigenvalue weighted by molar-refractivity contribution is 0.545. The third-order valence-corrected chi connectivity index (χ3v) is 4.25. The van der Waals surface area contributed by atoms with Gasteiger partial charge in [0, 0.05) is 29.6 Å². The van der Waals surface area contributed by atoms with E-state index >= 15 is 0 Å². The lowest BCUT2D eigenvalue weighted by atomic mass is 9.88. The summed E-state index contributed by atoms with van der Waals surface area (Å²) in [6.45, 7) is 10.8. The molecule has 4 nitrogen and oxygen atoms in total. The fourth-order valence-corrected chi connectivity index (χ4v) is 3.16. The fourth-order valence-electron chi connectivity index (χ4n) is 2.16. The van der Waals surface area contributed by atoms with Gasteiger partial charge in [-0.15, -0.1) is 11.3 Å². The van der Waals surface area contributed by atoms with E-state index in [1.165, 1.54) is 0 Å². The zero-order valence-electron chi connectivity index (χ0n) is 13.1. The summed E-state index contributed by atoms with van der Waals surface area (Å²) in [5.41, 5.74) is 9.65. The van der Waals surface area contributed by atoms with E-state index in [-0.39, 0.29) is 11.5 Å². The lowest BCUT2D eigenvalue weighted by Gasteiger charge is -2.19. The first-order chi connectivity index (χ1) is 9.20. The molecular formula is C15H24N4S. The fraction of sp³-hybridized carbons (Fsp3) is 0.600. The number of hydrogen-bond donors (Lipinski definition) is 1. The molecule has 0 saturated carbocycles. The Hall–Kier alpha value is -1.20. The molecule has 0 radical (unpaired) electrons. The molecule has 0 saturated heterocycles. The third kappa shape index (κ3) is 2.94. The van der Waals surface area contributed by atoms with Crippen LogP contribution in [0.3, 0.4) is 0 Å². The highest BCUT2D eigenvalue weighted by atomic mass is 32.1. The highest BCUT2D eigenvalue weighted by Crippen LogP contribution is 2.32. The predicted octanol–water partition coefficient (Wildman–Crippen LogP) is 3.35. The van der Waals surface area contributed by atoms with Crippen molar-refractivity contribution < 1.29 is 0 Å². The van der Waals surface area contributed by atoms with Crippen LogP contribution in [-0.4, -0.2) is 14.8 Å². The van der Waals surface area contributed by atoms with Gasteiger partial charge in [0.05, 0.1) is 17.4 Å². The lowest BCUT2D eigenvalue weighted by Crippen LogP contribution is -2.20. The Morgan fingerprint density at radius 2 is 1.95 bits per heavy atom. The molecule has 2 aromatic heterocycles. The van der Waals surface area contributed by atoms with Crippen molar-refractivity contribution in [1.29, 1.82) is 0 Å². The van der Waals surface area contributed by atoms with Gasteiger partial charge in [0.1, 0.15) is 5.01 Å². The summed E-state index contributed by atoms with van der Waals surface area (Å²) in [5, 5.41) is 7.65. The second-order valence-electron chi connectivity index (χ2n) is 6.60. The topological polar surface area (TPSA) is 56.7 Å². The maximum atomic E-state index is 6.44. The molecule has 0 fully saturated rings. The van der Waals surface area contributed by atoms with Gasteiger partial charge in [-0.3, -0.25) is 4.68 Å². The summed E-state index contributed by atoms with van der Waals surface area (Å²) < 4.78 is 1.84. The van der Waals surface area contributed by atoms with Gasteiger partial charge in [-0.05, 0) is 5.92 Å². The van der Waals surface area contributed by atoms with Crippen LogP contribution < -0.4 is 5.73 Å². The highest BCUT2D eigenvalue weighted by Gasteiger charge is 2.27. The summed E-state index contributed by atoms with van der Waals surface area (Å²) in [6, 6.07) is -0.199. The molecule has 2 N–H and O–H groups in total. The van der Waals surface area contributed by atoms with Crippen LogP contribution in [0.4, 0.5) is 0 Å². The quantitative estimate of drug-likeness (QED) is 0.944. The molecule has 2 rings (SSSR count). The second kappa shape index (κ2) is 5.30. The Morgan fingerprint density at radius 3 is 2.45 bits per heavy atom. The van der Waals surface area contributed by atoms with Gasteiger partial charge in [-0.2, -0.15) is 5.10 Å². The molecule has 0 aliphatic rings. The normalized spacial score (nSPS) is 14.0. The summed E-state index contributed by atoms with van der Waals surface area (Å²) in [7, 11) is 1.94. The van der Waals surface area contributed by atoms with Crippen molar-refractivity contribution in [3.63, 3.8) is 0 Å². The number of rotatable bonds is 3. The maximum Gasteiger partial charge on any atom is 0.114 e. The van der Waals surface area contributed by atoms with Crippen molar-refractivity contribution in [3.05, 3.63) is 33.5 Å². The van der Waals surface area contributed by atoms with Crippen molar-refractivity contribution in [1.82, 2.24) is 14.8 Å². The van der Waals surface area contributed by atoms with E-state index < -0.39 is 0 Å². The zero-order valence-corrected chi connectivity index (χ0v) is 14.0. The van der Waals surface area contributed by atoms with Crippen molar-refractivity contribution in [2.24, 2.45) is 12.8 Å². The van der Waals surface area contributed by atoms with Gasteiger partial charge in [0.2, 0.25) is 0 Å². The van der Waals surface area contributed by atoms with Crippen LogP contribution in [0.5, 0.6) is 0 Å². The Kier molecular flexibility index (Phi) is 4.02. The Bertz CT molecular complexity index is 589. The molecule has 1 atom stereocenters. The standard InChI is InChI=1S/C15H24N4S/c1-9(2)11-8-20-14(17-11)12(16)10-7-19(6)18-13(10)15(3,4)5/h7-9,12H,16H2,1-6H3. The van der Waals surface area contributed by atoms with Crippen LogP contribution in [0.15, 0.2) is 11.6 Å². The van der Waals surface area contributed by atoms with E-state index in [1.54, 1.807) is 11.3 Å². The monoisotopic (exact) mass is 292 g/mol. The summed E-state index contributed by atoms with van der Waals surface area (Å²) >= 11 is 1.64. The van der Waals surface area contributed by atoms with Crippen molar-refractivity contribution >= 4 is 11.3 Å². The number of aromatic nitrogens is 3. The first-order valence-electron chi connectivity index (χ1n) is 6.95.